The molecule has 1 unspecified atom stereocenters. The molecule has 3 N–H and O–H groups in total. The van der Waals surface area contributed by atoms with Crippen LogP contribution in [-0.2, 0) is 11.2 Å². The van der Waals surface area contributed by atoms with Gasteiger partial charge in [-0.3, -0.25) is 4.79 Å². The van der Waals surface area contributed by atoms with E-state index in [1.54, 1.807) is 11.8 Å². The molecule has 1 saturated carbocycles. The van der Waals surface area contributed by atoms with Crippen LogP contribution in [0.1, 0.15) is 24.8 Å². The Hall–Kier alpha value is -0.710. The zero-order valence-corrected chi connectivity index (χ0v) is 14.1. The molecule has 118 valence electrons. The van der Waals surface area contributed by atoms with Gasteiger partial charge in [0.05, 0.1) is 6.04 Å². The number of carbonyl (C=O) groups excluding carboxylic acids is 1. The highest BCUT2D eigenvalue weighted by Gasteiger charge is 2.33. The molecule has 0 saturated heterocycles. The van der Waals surface area contributed by atoms with Gasteiger partial charge in [-0.2, -0.15) is 11.8 Å². The first-order chi connectivity index (χ1) is 9.70. The Labute approximate surface area is 137 Å². The quantitative estimate of drug-likeness (QED) is 0.771. The molecule has 0 aromatic heterocycles. The molecule has 1 fully saturated rings. The summed E-state index contributed by atoms with van der Waals surface area (Å²) < 4.78 is 0. The standard InChI is InChI=1S/C16H24N2OS.ClH/c1-20-10-9-14(17)16(19)18-15(13-7-8-13)11-12-5-3-2-4-6-12;/h2-6,13-15H,7-11,17H2,1H3,(H,18,19);1H/t14-,15?;/m0./s1. The van der Waals surface area contributed by atoms with Gasteiger partial charge >= 0.3 is 0 Å². The summed E-state index contributed by atoms with van der Waals surface area (Å²) in [6, 6.07) is 10.2. The number of hydrogen-bond acceptors (Lipinski definition) is 3. The molecular weight excluding hydrogens is 304 g/mol. The molecule has 0 heterocycles. The molecule has 0 bridgehead atoms. The van der Waals surface area contributed by atoms with E-state index in [0.29, 0.717) is 5.92 Å². The molecule has 1 aromatic carbocycles. The molecule has 0 aliphatic heterocycles. The second-order valence-electron chi connectivity index (χ2n) is 5.53. The van der Waals surface area contributed by atoms with Crippen molar-refractivity contribution in [3.05, 3.63) is 35.9 Å². The van der Waals surface area contributed by atoms with Crippen molar-refractivity contribution in [3.63, 3.8) is 0 Å². The highest BCUT2D eigenvalue weighted by Crippen LogP contribution is 2.34. The lowest BCUT2D eigenvalue weighted by Gasteiger charge is -2.21. The number of rotatable bonds is 8. The van der Waals surface area contributed by atoms with Gasteiger partial charge in [0.2, 0.25) is 5.91 Å². The van der Waals surface area contributed by atoms with Crippen LogP contribution < -0.4 is 11.1 Å². The Kier molecular flexibility index (Phi) is 8.15. The number of nitrogens with two attached hydrogens (primary N) is 1. The summed E-state index contributed by atoms with van der Waals surface area (Å²) in [5.41, 5.74) is 7.22. The van der Waals surface area contributed by atoms with Crippen LogP contribution >= 0.6 is 24.2 Å². The van der Waals surface area contributed by atoms with Crippen molar-refractivity contribution >= 4 is 30.1 Å². The number of benzene rings is 1. The zero-order valence-electron chi connectivity index (χ0n) is 12.5. The van der Waals surface area contributed by atoms with Crippen LogP contribution in [0, 0.1) is 5.92 Å². The third-order valence-corrected chi connectivity index (χ3v) is 4.43. The Morgan fingerprint density at radius 2 is 2.05 bits per heavy atom. The largest absolute Gasteiger partial charge is 0.351 e. The van der Waals surface area contributed by atoms with Crippen molar-refractivity contribution in [2.45, 2.75) is 37.8 Å². The Morgan fingerprint density at radius 1 is 1.38 bits per heavy atom. The van der Waals surface area contributed by atoms with Gasteiger partial charge in [0.25, 0.3) is 0 Å². The molecule has 2 atom stereocenters. The van der Waals surface area contributed by atoms with Gasteiger partial charge in [0, 0.05) is 6.04 Å². The van der Waals surface area contributed by atoms with Gasteiger partial charge in [-0.1, -0.05) is 30.3 Å². The van der Waals surface area contributed by atoms with Gasteiger partial charge in [0.1, 0.15) is 0 Å². The first-order valence-corrected chi connectivity index (χ1v) is 8.69. The topological polar surface area (TPSA) is 55.1 Å². The highest BCUT2D eigenvalue weighted by atomic mass is 35.5. The number of amides is 1. The maximum absolute atomic E-state index is 12.1. The first kappa shape index (κ1) is 18.3. The van der Waals surface area contributed by atoms with Gasteiger partial charge in [-0.15, -0.1) is 12.4 Å². The van der Waals surface area contributed by atoms with Crippen molar-refractivity contribution in [3.8, 4) is 0 Å². The van der Waals surface area contributed by atoms with Crippen molar-refractivity contribution in [1.82, 2.24) is 5.32 Å². The fourth-order valence-corrected chi connectivity index (χ4v) is 2.86. The summed E-state index contributed by atoms with van der Waals surface area (Å²) >= 11 is 1.73. The molecular formula is C16H25ClN2OS. The minimum atomic E-state index is -0.375. The lowest BCUT2D eigenvalue weighted by molar-refractivity contribution is -0.123. The third kappa shape index (κ3) is 6.29. The van der Waals surface area contributed by atoms with Crippen molar-refractivity contribution in [2.24, 2.45) is 11.7 Å². The zero-order chi connectivity index (χ0) is 14.4. The van der Waals surface area contributed by atoms with Gasteiger partial charge in [-0.25, -0.2) is 0 Å². The van der Waals surface area contributed by atoms with Crippen molar-refractivity contribution < 1.29 is 4.79 Å². The third-order valence-electron chi connectivity index (χ3n) is 3.79. The molecule has 1 aliphatic rings. The summed E-state index contributed by atoms with van der Waals surface area (Å²) in [5.74, 6) is 1.57. The Bertz CT molecular complexity index is 426. The van der Waals surface area contributed by atoms with Crippen LogP contribution in [0.4, 0.5) is 0 Å². The molecule has 1 aliphatic carbocycles. The molecule has 1 aromatic rings. The minimum absolute atomic E-state index is 0. The van der Waals surface area contributed by atoms with Gasteiger partial charge < -0.3 is 11.1 Å². The fourth-order valence-electron chi connectivity index (χ4n) is 2.37. The van der Waals surface area contributed by atoms with E-state index in [2.05, 4.69) is 17.4 Å². The second kappa shape index (κ2) is 9.34. The van der Waals surface area contributed by atoms with E-state index in [-0.39, 0.29) is 30.4 Å². The Balaban J connectivity index is 0.00000220. The van der Waals surface area contributed by atoms with Crippen LogP contribution in [0.15, 0.2) is 30.3 Å². The molecule has 5 heteroatoms. The number of carbonyl (C=O) groups is 1. The summed E-state index contributed by atoms with van der Waals surface area (Å²) in [6.45, 7) is 0. The van der Waals surface area contributed by atoms with Crippen molar-refractivity contribution in [2.75, 3.05) is 12.0 Å². The van der Waals surface area contributed by atoms with E-state index >= 15 is 0 Å². The molecule has 2 rings (SSSR count). The van der Waals surface area contributed by atoms with E-state index < -0.39 is 0 Å². The monoisotopic (exact) mass is 328 g/mol. The summed E-state index contributed by atoms with van der Waals surface area (Å²) in [7, 11) is 0. The average molecular weight is 329 g/mol. The van der Waals surface area contributed by atoms with E-state index in [9.17, 15) is 4.79 Å². The maximum Gasteiger partial charge on any atom is 0.237 e. The smallest absolute Gasteiger partial charge is 0.237 e. The maximum atomic E-state index is 12.1. The molecule has 0 radical (unpaired) electrons. The number of hydrogen-bond donors (Lipinski definition) is 2. The molecule has 21 heavy (non-hydrogen) atoms. The predicted molar refractivity (Wildman–Crippen MR) is 93.0 cm³/mol. The van der Waals surface area contributed by atoms with Gasteiger partial charge in [-0.05, 0) is 49.2 Å². The molecule has 0 spiro atoms. The summed E-state index contributed by atoms with van der Waals surface area (Å²) in [4.78, 5) is 12.1. The second-order valence-corrected chi connectivity index (χ2v) is 6.52. The predicted octanol–water partition coefficient (Wildman–Crippen LogP) is 2.63. The van der Waals surface area contributed by atoms with E-state index in [1.807, 2.05) is 24.5 Å². The van der Waals surface area contributed by atoms with E-state index in [1.165, 1.54) is 18.4 Å². The van der Waals surface area contributed by atoms with Crippen molar-refractivity contribution in [1.29, 1.82) is 0 Å². The molecule has 1 amide bonds. The molecule has 3 nitrogen and oxygen atoms in total. The fraction of sp³-hybridized carbons (Fsp3) is 0.562. The summed E-state index contributed by atoms with van der Waals surface area (Å²) in [6.07, 6.45) is 6.13. The average Bonchev–Trinajstić information content (AvgIpc) is 3.29. The SMILES string of the molecule is CSCC[C@H](N)C(=O)NC(Cc1ccccc1)C1CC1.Cl. The van der Waals surface area contributed by atoms with E-state index in [0.717, 1.165) is 18.6 Å². The van der Waals surface area contributed by atoms with Gasteiger partial charge in [0.15, 0.2) is 0 Å². The lowest BCUT2D eigenvalue weighted by atomic mass is 10.0. The minimum Gasteiger partial charge on any atom is -0.351 e. The Morgan fingerprint density at radius 3 is 2.62 bits per heavy atom. The number of halogens is 1. The normalized spacial score (nSPS) is 16.7. The van der Waals surface area contributed by atoms with Crippen LogP contribution in [-0.4, -0.2) is 30.0 Å². The van der Waals surface area contributed by atoms with Crippen LogP contribution in [0.2, 0.25) is 0 Å². The lowest BCUT2D eigenvalue weighted by Crippen LogP contribution is -2.47. The first-order valence-electron chi connectivity index (χ1n) is 7.29. The van der Waals surface area contributed by atoms with E-state index in [4.69, 9.17) is 5.73 Å². The number of nitrogens with one attached hydrogen (secondary N) is 1. The summed E-state index contributed by atoms with van der Waals surface area (Å²) in [5, 5.41) is 3.16. The van der Waals surface area contributed by atoms with Crippen LogP contribution in [0.25, 0.3) is 0 Å². The highest BCUT2D eigenvalue weighted by molar-refractivity contribution is 7.98. The number of thioether (sulfide) groups is 1. The van der Waals surface area contributed by atoms with Crippen LogP contribution in [0.5, 0.6) is 0 Å². The van der Waals surface area contributed by atoms with Crippen LogP contribution in [0.3, 0.4) is 0 Å².